The molecule has 0 saturated heterocycles. The zero-order valence-electron chi connectivity index (χ0n) is 12.1. The Kier molecular flexibility index (Phi) is 4.31. The number of aryl methyl sites for hydroxylation is 1. The van der Waals surface area contributed by atoms with E-state index in [9.17, 15) is 4.79 Å². The fourth-order valence-electron chi connectivity index (χ4n) is 2.56. The Hall–Kier alpha value is -1.33. The molecule has 1 unspecified atom stereocenters. The van der Waals surface area contributed by atoms with Crippen LogP contribution in [0.15, 0.2) is 29.2 Å². The summed E-state index contributed by atoms with van der Waals surface area (Å²) in [5.41, 5.74) is 2.05. The lowest BCUT2D eigenvalue weighted by atomic mass is 10.1. The molecule has 0 aliphatic heterocycles. The molecule has 1 aliphatic rings. The van der Waals surface area contributed by atoms with Crippen LogP contribution in [-0.4, -0.2) is 23.8 Å². The fourth-order valence-corrected chi connectivity index (χ4v) is 4.11. The lowest BCUT2D eigenvalue weighted by Gasteiger charge is -2.07. The Bertz CT molecular complexity index is 649. The van der Waals surface area contributed by atoms with Crippen LogP contribution in [0.4, 0.5) is 0 Å². The van der Waals surface area contributed by atoms with E-state index in [1.165, 1.54) is 9.77 Å². The number of thiazole rings is 1. The van der Waals surface area contributed by atoms with Crippen LogP contribution >= 0.6 is 23.1 Å². The number of ether oxygens (including phenoxy) is 1. The van der Waals surface area contributed by atoms with Gasteiger partial charge in [-0.1, -0.05) is 12.1 Å². The van der Waals surface area contributed by atoms with Gasteiger partial charge in [0.1, 0.15) is 10.9 Å². The number of thioether (sulfide) groups is 1. The Labute approximate surface area is 132 Å². The van der Waals surface area contributed by atoms with E-state index in [0.717, 1.165) is 29.1 Å². The molecular formula is C16H17NO2S2. The Morgan fingerprint density at radius 2 is 2.19 bits per heavy atom. The number of aromatic nitrogens is 1. The number of esters is 1. The van der Waals surface area contributed by atoms with E-state index < -0.39 is 0 Å². The van der Waals surface area contributed by atoms with Crippen LogP contribution in [0.25, 0.3) is 10.6 Å². The lowest BCUT2D eigenvalue weighted by Crippen LogP contribution is -2.14. The number of carbonyl (C=O) groups is 1. The zero-order valence-corrected chi connectivity index (χ0v) is 13.7. The molecule has 3 rings (SSSR count). The molecule has 0 fully saturated rings. The molecule has 110 valence electrons. The maximum absolute atomic E-state index is 12.0. The van der Waals surface area contributed by atoms with Gasteiger partial charge in [-0.05, 0) is 38.2 Å². The van der Waals surface area contributed by atoms with Crippen molar-refractivity contribution in [1.82, 2.24) is 4.98 Å². The van der Waals surface area contributed by atoms with Gasteiger partial charge in [0.2, 0.25) is 0 Å². The molecule has 1 atom stereocenters. The van der Waals surface area contributed by atoms with E-state index in [0.29, 0.717) is 6.61 Å². The summed E-state index contributed by atoms with van der Waals surface area (Å²) in [5.74, 6) is -0.304. The van der Waals surface area contributed by atoms with E-state index in [-0.39, 0.29) is 11.9 Å². The van der Waals surface area contributed by atoms with Gasteiger partial charge in [0.05, 0.1) is 12.3 Å². The number of carbonyl (C=O) groups excluding carboxylic acids is 1. The van der Waals surface area contributed by atoms with Crippen LogP contribution in [0.2, 0.25) is 0 Å². The third-order valence-corrected chi connectivity index (χ3v) is 5.55. The van der Waals surface area contributed by atoms with Gasteiger partial charge in [-0.3, -0.25) is 4.79 Å². The largest absolute Gasteiger partial charge is 0.465 e. The molecule has 0 spiro atoms. The van der Waals surface area contributed by atoms with E-state index in [1.54, 1.807) is 23.1 Å². The average Bonchev–Trinajstić information content (AvgIpc) is 3.07. The average molecular weight is 319 g/mol. The minimum Gasteiger partial charge on any atom is -0.465 e. The predicted octanol–water partition coefficient (Wildman–Crippen LogP) is 4.12. The van der Waals surface area contributed by atoms with E-state index in [2.05, 4.69) is 30.5 Å². The summed E-state index contributed by atoms with van der Waals surface area (Å²) < 4.78 is 5.15. The quantitative estimate of drug-likeness (QED) is 0.627. The molecule has 21 heavy (non-hydrogen) atoms. The summed E-state index contributed by atoms with van der Waals surface area (Å²) in [4.78, 5) is 19.2. The van der Waals surface area contributed by atoms with Crippen molar-refractivity contribution in [1.29, 1.82) is 0 Å². The van der Waals surface area contributed by atoms with Crippen LogP contribution in [0, 0.1) is 0 Å². The van der Waals surface area contributed by atoms with Gasteiger partial charge in [-0.2, -0.15) is 0 Å². The summed E-state index contributed by atoms with van der Waals surface area (Å²) in [6.45, 7) is 2.27. The minimum absolute atomic E-state index is 0.133. The van der Waals surface area contributed by atoms with Crippen molar-refractivity contribution in [3.8, 4) is 10.6 Å². The first kappa shape index (κ1) is 14.6. The molecule has 0 bridgehead atoms. The summed E-state index contributed by atoms with van der Waals surface area (Å²) in [7, 11) is 0. The van der Waals surface area contributed by atoms with Crippen LogP contribution in [0.1, 0.15) is 29.8 Å². The Morgan fingerprint density at radius 3 is 2.86 bits per heavy atom. The number of benzene rings is 1. The number of rotatable bonds is 4. The lowest BCUT2D eigenvalue weighted by molar-refractivity contribution is -0.145. The van der Waals surface area contributed by atoms with Crippen molar-refractivity contribution < 1.29 is 9.53 Å². The number of nitrogens with zero attached hydrogens (tertiary/aromatic N) is 1. The molecule has 0 amide bonds. The molecule has 5 heteroatoms. The second kappa shape index (κ2) is 6.20. The highest BCUT2D eigenvalue weighted by molar-refractivity contribution is 7.98. The molecule has 1 aliphatic carbocycles. The van der Waals surface area contributed by atoms with E-state index in [4.69, 9.17) is 9.72 Å². The van der Waals surface area contributed by atoms with Gasteiger partial charge in [0.15, 0.2) is 0 Å². The van der Waals surface area contributed by atoms with Crippen LogP contribution in [0.5, 0.6) is 0 Å². The van der Waals surface area contributed by atoms with E-state index in [1.807, 2.05) is 6.92 Å². The monoisotopic (exact) mass is 319 g/mol. The van der Waals surface area contributed by atoms with Gasteiger partial charge < -0.3 is 4.74 Å². The van der Waals surface area contributed by atoms with Crippen molar-refractivity contribution in [2.24, 2.45) is 0 Å². The molecule has 0 saturated carbocycles. The summed E-state index contributed by atoms with van der Waals surface area (Å²) in [6, 6.07) is 8.41. The summed E-state index contributed by atoms with van der Waals surface area (Å²) in [6.07, 6.45) is 3.83. The Balaban J connectivity index is 1.87. The van der Waals surface area contributed by atoms with Gasteiger partial charge in [0.25, 0.3) is 0 Å². The molecule has 2 aromatic rings. The molecule has 1 aromatic heterocycles. The molecule has 0 radical (unpaired) electrons. The van der Waals surface area contributed by atoms with Crippen LogP contribution in [0.3, 0.4) is 0 Å². The molecule has 3 nitrogen and oxygen atoms in total. The highest BCUT2D eigenvalue weighted by atomic mass is 32.2. The van der Waals surface area contributed by atoms with Crippen molar-refractivity contribution in [3.05, 3.63) is 34.8 Å². The number of fused-ring (bicyclic) bond motifs is 1. The van der Waals surface area contributed by atoms with Gasteiger partial charge >= 0.3 is 5.97 Å². The second-order valence-electron chi connectivity index (χ2n) is 4.90. The second-order valence-corrected chi connectivity index (χ2v) is 6.86. The standard InChI is InChI=1S/C16H17NO2S2/c1-3-19-16(18)12-8-9-13-14(12)17-15(21-13)10-4-6-11(20-2)7-5-10/h4-7,12H,3,8-9H2,1-2H3. The SMILES string of the molecule is CCOC(=O)C1CCc2sc(-c3ccc(SC)cc3)nc21. The van der Waals surface area contributed by atoms with Gasteiger partial charge in [0, 0.05) is 15.3 Å². The first-order valence-corrected chi connectivity index (χ1v) is 9.07. The van der Waals surface area contributed by atoms with Gasteiger partial charge in [-0.25, -0.2) is 4.98 Å². The van der Waals surface area contributed by atoms with Crippen molar-refractivity contribution in [2.45, 2.75) is 30.6 Å². The minimum atomic E-state index is -0.171. The van der Waals surface area contributed by atoms with E-state index >= 15 is 0 Å². The fraction of sp³-hybridized carbons (Fsp3) is 0.375. The number of hydrogen-bond donors (Lipinski definition) is 0. The number of hydrogen-bond acceptors (Lipinski definition) is 5. The van der Waals surface area contributed by atoms with Crippen LogP contribution < -0.4 is 0 Å². The zero-order chi connectivity index (χ0) is 14.8. The molecule has 1 heterocycles. The maximum atomic E-state index is 12.0. The highest BCUT2D eigenvalue weighted by Crippen LogP contribution is 2.40. The summed E-state index contributed by atoms with van der Waals surface area (Å²) >= 11 is 3.43. The first-order chi connectivity index (χ1) is 10.2. The summed E-state index contributed by atoms with van der Waals surface area (Å²) in [5, 5.41) is 1.00. The highest BCUT2D eigenvalue weighted by Gasteiger charge is 2.33. The topological polar surface area (TPSA) is 39.2 Å². The third kappa shape index (κ3) is 2.85. The molecule has 1 aromatic carbocycles. The maximum Gasteiger partial charge on any atom is 0.315 e. The normalized spacial score (nSPS) is 16.8. The van der Waals surface area contributed by atoms with Gasteiger partial charge in [-0.15, -0.1) is 23.1 Å². The Morgan fingerprint density at radius 1 is 1.43 bits per heavy atom. The van der Waals surface area contributed by atoms with Crippen molar-refractivity contribution >= 4 is 29.1 Å². The molecular weight excluding hydrogens is 302 g/mol. The smallest absolute Gasteiger partial charge is 0.315 e. The molecule has 0 N–H and O–H groups in total. The van der Waals surface area contributed by atoms with Crippen molar-refractivity contribution in [3.63, 3.8) is 0 Å². The van der Waals surface area contributed by atoms with Crippen LogP contribution in [-0.2, 0) is 16.0 Å². The third-order valence-electron chi connectivity index (χ3n) is 3.63. The predicted molar refractivity (Wildman–Crippen MR) is 87.0 cm³/mol. The van der Waals surface area contributed by atoms with Crippen molar-refractivity contribution in [2.75, 3.05) is 12.9 Å². The first-order valence-electron chi connectivity index (χ1n) is 7.03.